The molecule has 4 atom stereocenters. The summed E-state index contributed by atoms with van der Waals surface area (Å²) in [7, 11) is 0. The molecule has 2 fully saturated rings. The number of hydrogen-bond acceptors (Lipinski definition) is 17. The average Bonchev–Trinajstić information content (AvgIpc) is 4.04. The highest BCUT2D eigenvalue weighted by Crippen LogP contribution is 2.29. The third-order valence-electron chi connectivity index (χ3n) is 9.34. The predicted octanol–water partition coefficient (Wildman–Crippen LogP) is 5.58. The molecule has 0 saturated carbocycles. The van der Waals surface area contributed by atoms with Gasteiger partial charge in [-0.3, -0.25) is 19.6 Å². The van der Waals surface area contributed by atoms with Crippen molar-refractivity contribution < 1.29 is 33.7 Å². The molecule has 8 heterocycles. The fourth-order valence-corrected chi connectivity index (χ4v) is 7.96. The van der Waals surface area contributed by atoms with Crippen molar-refractivity contribution in [3.8, 4) is 0 Å². The van der Waals surface area contributed by atoms with Crippen LogP contribution < -0.4 is 11.1 Å². The summed E-state index contributed by atoms with van der Waals surface area (Å²) in [5.74, 6) is -1.02. The van der Waals surface area contributed by atoms with Crippen molar-refractivity contribution in [3.63, 3.8) is 0 Å². The standard InChI is InChI=1S/C18H19FN6O2S.C11H11ClN4O2S.C7H9FN2.C4H10O/c1-9(11-5-12(19)7-20-6-11)21-18-23-14(15-16(24-18)22-10(2)28-15)17(27)25-4-3-13(26)8-25;1-5-13-9-8(19-5)7(14-11(12)15-9)10(18)16-3-2-6(17)4-16;1-5(9)6-2-7(8)4-10-3-6;1-2-3-4-5/h5-7,9,13,26H,3-4,8H2,1-2H3,(H,21,23,24);6,17H,2-4H2,1H3;2-5H,9H2,1H3;5H,2-4H2,1H3/t9-,13-;6-;5-;/m000./s1. The highest BCUT2D eigenvalue weighted by atomic mass is 35.5. The second kappa shape index (κ2) is 22.4. The van der Waals surface area contributed by atoms with Crippen molar-refractivity contribution in [1.82, 2.24) is 49.7 Å². The summed E-state index contributed by atoms with van der Waals surface area (Å²) in [5.41, 5.74) is 8.25. The second-order valence-corrected chi connectivity index (χ2v) is 17.2. The lowest BCUT2D eigenvalue weighted by atomic mass is 10.1. The van der Waals surface area contributed by atoms with Gasteiger partial charge in [-0.05, 0) is 81.8 Å². The van der Waals surface area contributed by atoms with Gasteiger partial charge in [0, 0.05) is 51.2 Å². The molecule has 2 aliphatic heterocycles. The number of carbonyl (C=O) groups excluding carboxylic acids is 2. The van der Waals surface area contributed by atoms with Crippen LogP contribution in [0.3, 0.4) is 0 Å². The molecule has 0 aliphatic carbocycles. The number of fused-ring (bicyclic) bond motifs is 2. The number of anilines is 1. The molecule has 0 spiro atoms. The molecule has 17 nitrogen and oxygen atoms in total. The summed E-state index contributed by atoms with van der Waals surface area (Å²) in [6.07, 6.45) is 7.63. The van der Waals surface area contributed by atoms with Gasteiger partial charge in [-0.15, -0.1) is 22.7 Å². The van der Waals surface area contributed by atoms with Crippen LogP contribution in [0.2, 0.25) is 5.28 Å². The average molecular weight is 915 g/mol. The number of hydrogen-bond donors (Lipinski definition) is 5. The van der Waals surface area contributed by atoms with Crippen LogP contribution in [0.25, 0.3) is 20.7 Å². The minimum Gasteiger partial charge on any atom is -0.396 e. The summed E-state index contributed by atoms with van der Waals surface area (Å²) in [4.78, 5) is 61.6. The molecule has 6 aromatic heterocycles. The Morgan fingerprint density at radius 3 is 1.76 bits per heavy atom. The molecule has 2 saturated heterocycles. The number of nitrogens with two attached hydrogens (primary N) is 1. The van der Waals surface area contributed by atoms with Crippen LogP contribution in [0.15, 0.2) is 36.9 Å². The number of thiazole rings is 2. The number of β-amino-alcohol motifs (C(OH)–C–C–N with tert-alkyl or cyclic N) is 2. The van der Waals surface area contributed by atoms with Crippen LogP contribution >= 0.6 is 34.3 Å². The number of aliphatic hydroxyl groups is 3. The van der Waals surface area contributed by atoms with Crippen LogP contribution in [-0.4, -0.2) is 122 Å². The SMILES string of the molecule is CCCCO.C[C@H](N)c1cncc(F)c1.Cc1nc2nc(Cl)nc(C(=O)N3CC[C@H](O)C3)c2s1.Cc1nc2nc(N[C@@H](C)c3cncc(F)c3)nc(C(=O)N3CC[C@H](O)C3)c2s1. The molecule has 0 radical (unpaired) electrons. The first-order valence-corrected chi connectivity index (χ1v) is 21.8. The monoisotopic (exact) mass is 914 g/mol. The molecule has 6 N–H and O–H groups in total. The molecule has 2 amide bonds. The van der Waals surface area contributed by atoms with Gasteiger partial charge in [-0.1, -0.05) is 13.3 Å². The molecule has 0 aromatic carbocycles. The third-order valence-corrected chi connectivity index (χ3v) is 11.4. The number of aryl methyl sites for hydroxylation is 2. The quantitative estimate of drug-likeness (QED) is 0.117. The van der Waals surface area contributed by atoms with Crippen LogP contribution in [0.4, 0.5) is 14.7 Å². The lowest BCUT2D eigenvalue weighted by molar-refractivity contribution is 0.0756. The van der Waals surface area contributed by atoms with Crippen molar-refractivity contribution in [2.75, 3.05) is 38.1 Å². The second-order valence-electron chi connectivity index (χ2n) is 14.5. The molecule has 62 heavy (non-hydrogen) atoms. The summed E-state index contributed by atoms with van der Waals surface area (Å²) in [6.45, 7) is 11.3. The Hall–Kier alpha value is -5.03. The Morgan fingerprint density at radius 2 is 1.32 bits per heavy atom. The number of nitrogens with zero attached hydrogens (tertiary/aromatic N) is 10. The molecule has 0 bridgehead atoms. The number of halogens is 3. The van der Waals surface area contributed by atoms with E-state index in [4.69, 9.17) is 22.4 Å². The van der Waals surface area contributed by atoms with E-state index >= 15 is 0 Å². The van der Waals surface area contributed by atoms with Gasteiger partial charge in [0.1, 0.15) is 21.0 Å². The molecule has 2 aliphatic rings. The number of aromatic nitrogens is 8. The van der Waals surface area contributed by atoms with E-state index in [0.717, 1.165) is 40.8 Å². The Labute approximate surface area is 369 Å². The van der Waals surface area contributed by atoms with E-state index in [1.165, 1.54) is 34.8 Å². The van der Waals surface area contributed by atoms with Crippen molar-refractivity contribution in [2.24, 2.45) is 5.73 Å². The van der Waals surface area contributed by atoms with Gasteiger partial charge in [0.2, 0.25) is 11.2 Å². The number of carbonyl (C=O) groups is 2. The van der Waals surface area contributed by atoms with Gasteiger partial charge in [0.25, 0.3) is 11.8 Å². The summed E-state index contributed by atoms with van der Waals surface area (Å²) in [5, 5.41) is 32.0. The maximum atomic E-state index is 13.5. The van der Waals surface area contributed by atoms with Crippen LogP contribution in [0.1, 0.15) is 101 Å². The Morgan fingerprint density at radius 1 is 0.823 bits per heavy atom. The number of likely N-dealkylation sites (tertiary alicyclic amines) is 2. The molecular weight excluding hydrogens is 866 g/mol. The van der Waals surface area contributed by atoms with E-state index in [9.17, 15) is 28.6 Å². The van der Waals surface area contributed by atoms with Crippen molar-refractivity contribution in [2.45, 2.75) is 84.6 Å². The molecule has 332 valence electrons. The van der Waals surface area contributed by atoms with Crippen molar-refractivity contribution in [1.29, 1.82) is 0 Å². The smallest absolute Gasteiger partial charge is 0.274 e. The first-order chi connectivity index (χ1) is 29.6. The molecule has 22 heteroatoms. The fourth-order valence-electron chi connectivity index (χ4n) is 6.11. The van der Waals surface area contributed by atoms with E-state index in [2.05, 4.69) is 52.1 Å². The molecular formula is C40H49ClF2N12O5S2. The van der Waals surface area contributed by atoms with Gasteiger partial charge in [0.15, 0.2) is 22.7 Å². The summed E-state index contributed by atoms with van der Waals surface area (Å²) in [6, 6.07) is 2.30. The number of aliphatic hydroxyl groups excluding tert-OH is 3. The highest BCUT2D eigenvalue weighted by Gasteiger charge is 2.30. The van der Waals surface area contributed by atoms with Crippen molar-refractivity contribution in [3.05, 3.63) is 86.4 Å². The van der Waals surface area contributed by atoms with Gasteiger partial charge in [0.05, 0.1) is 40.7 Å². The van der Waals surface area contributed by atoms with Gasteiger partial charge < -0.3 is 36.2 Å². The van der Waals surface area contributed by atoms with Crippen LogP contribution in [0.5, 0.6) is 0 Å². The Kier molecular flexibility index (Phi) is 17.3. The zero-order valence-electron chi connectivity index (χ0n) is 34.8. The maximum absolute atomic E-state index is 13.5. The largest absolute Gasteiger partial charge is 0.396 e. The zero-order valence-corrected chi connectivity index (χ0v) is 37.2. The lowest BCUT2D eigenvalue weighted by Gasteiger charge is -2.17. The molecule has 0 unspecified atom stereocenters. The summed E-state index contributed by atoms with van der Waals surface area (Å²) >= 11 is 8.56. The maximum Gasteiger partial charge on any atom is 0.274 e. The number of rotatable bonds is 8. The van der Waals surface area contributed by atoms with E-state index in [1.54, 1.807) is 29.1 Å². The summed E-state index contributed by atoms with van der Waals surface area (Å²) < 4.78 is 27.1. The Bertz CT molecular complexity index is 2460. The molecule has 8 rings (SSSR count). The Balaban J connectivity index is 0.000000183. The van der Waals surface area contributed by atoms with Crippen LogP contribution in [0, 0.1) is 25.5 Å². The van der Waals surface area contributed by atoms with Gasteiger partial charge in [-0.25, -0.2) is 28.7 Å². The minimum atomic E-state index is -0.512. The number of nitrogens with one attached hydrogen (secondary N) is 1. The first-order valence-electron chi connectivity index (χ1n) is 19.8. The van der Waals surface area contributed by atoms with E-state index in [0.29, 0.717) is 65.3 Å². The minimum absolute atomic E-state index is 0.0147. The molecule has 6 aromatic rings. The third kappa shape index (κ3) is 13.0. The number of amides is 2. The van der Waals surface area contributed by atoms with E-state index in [1.807, 2.05) is 20.8 Å². The number of pyridine rings is 2. The number of unbranched alkanes of at least 4 members (excludes halogenated alkanes) is 1. The van der Waals surface area contributed by atoms with Crippen LogP contribution in [-0.2, 0) is 0 Å². The fraction of sp³-hybridized carbons (Fsp3) is 0.450. The van der Waals surface area contributed by atoms with E-state index in [-0.39, 0.29) is 58.9 Å². The lowest BCUT2D eigenvalue weighted by Crippen LogP contribution is -2.30. The normalized spacial score (nSPS) is 16.8. The predicted molar refractivity (Wildman–Crippen MR) is 233 cm³/mol. The topological polar surface area (TPSA) is 242 Å². The zero-order chi connectivity index (χ0) is 45.1. The van der Waals surface area contributed by atoms with Crippen molar-refractivity contribution >= 4 is 72.7 Å². The van der Waals surface area contributed by atoms with E-state index < -0.39 is 18.0 Å². The highest BCUT2D eigenvalue weighted by molar-refractivity contribution is 7.19. The van der Waals surface area contributed by atoms with Gasteiger partial charge in [-0.2, -0.15) is 9.97 Å². The van der Waals surface area contributed by atoms with Gasteiger partial charge >= 0.3 is 0 Å². The first kappa shape index (κ1) is 48.0.